The molecule has 1 heterocycles. The SMILES string of the molecule is Cc1cccc(NC(=O)N2CCN(C(=O)CNC(=O)OCc3ccccc3)CC2)c1. The van der Waals surface area contributed by atoms with Crippen LogP contribution in [0.5, 0.6) is 0 Å². The molecule has 0 spiro atoms. The predicted molar refractivity (Wildman–Crippen MR) is 113 cm³/mol. The summed E-state index contributed by atoms with van der Waals surface area (Å²) in [5.74, 6) is -0.203. The van der Waals surface area contributed by atoms with Crippen LogP contribution in [0, 0.1) is 6.92 Å². The van der Waals surface area contributed by atoms with Crippen molar-refractivity contribution in [2.24, 2.45) is 0 Å². The number of ether oxygens (including phenoxy) is 1. The number of amides is 4. The Hall–Kier alpha value is -3.55. The number of aryl methyl sites for hydroxylation is 1. The number of nitrogens with one attached hydrogen (secondary N) is 2. The Bertz CT molecular complexity index is 880. The minimum absolute atomic E-state index is 0.136. The smallest absolute Gasteiger partial charge is 0.407 e. The molecule has 8 heteroatoms. The summed E-state index contributed by atoms with van der Waals surface area (Å²) in [6, 6.07) is 16.7. The van der Waals surface area contributed by atoms with Gasteiger partial charge in [0.2, 0.25) is 5.91 Å². The van der Waals surface area contributed by atoms with Crippen LogP contribution in [0.3, 0.4) is 0 Å². The van der Waals surface area contributed by atoms with Crippen LogP contribution in [0.1, 0.15) is 11.1 Å². The molecule has 3 rings (SSSR count). The minimum Gasteiger partial charge on any atom is -0.445 e. The van der Waals surface area contributed by atoms with Crippen LogP contribution < -0.4 is 10.6 Å². The fourth-order valence-corrected chi connectivity index (χ4v) is 3.12. The van der Waals surface area contributed by atoms with Crippen LogP contribution in [0.4, 0.5) is 15.3 Å². The molecular weight excluding hydrogens is 384 g/mol. The maximum absolute atomic E-state index is 12.4. The fourth-order valence-electron chi connectivity index (χ4n) is 3.12. The molecule has 2 N–H and O–H groups in total. The van der Waals surface area contributed by atoms with E-state index in [2.05, 4.69) is 10.6 Å². The highest BCUT2D eigenvalue weighted by molar-refractivity contribution is 5.89. The summed E-state index contributed by atoms with van der Waals surface area (Å²) in [4.78, 5) is 39.8. The number of rotatable bonds is 5. The number of carbonyl (C=O) groups excluding carboxylic acids is 3. The zero-order valence-corrected chi connectivity index (χ0v) is 17.0. The number of hydrogen-bond acceptors (Lipinski definition) is 4. The van der Waals surface area contributed by atoms with Gasteiger partial charge in [0.05, 0.1) is 0 Å². The van der Waals surface area contributed by atoms with Gasteiger partial charge in [-0.1, -0.05) is 42.5 Å². The molecule has 0 aliphatic carbocycles. The Morgan fingerprint density at radius 1 is 0.933 bits per heavy atom. The average Bonchev–Trinajstić information content (AvgIpc) is 2.77. The lowest BCUT2D eigenvalue weighted by Gasteiger charge is -2.34. The van der Waals surface area contributed by atoms with Gasteiger partial charge >= 0.3 is 12.1 Å². The molecule has 2 aromatic rings. The van der Waals surface area contributed by atoms with Gasteiger partial charge in [-0.15, -0.1) is 0 Å². The summed E-state index contributed by atoms with van der Waals surface area (Å²) in [7, 11) is 0. The van der Waals surface area contributed by atoms with Crippen molar-refractivity contribution in [1.82, 2.24) is 15.1 Å². The summed E-state index contributed by atoms with van der Waals surface area (Å²) in [6.07, 6.45) is -0.636. The van der Waals surface area contributed by atoms with Crippen molar-refractivity contribution in [2.45, 2.75) is 13.5 Å². The largest absolute Gasteiger partial charge is 0.445 e. The second-order valence-electron chi connectivity index (χ2n) is 7.08. The van der Waals surface area contributed by atoms with E-state index in [-0.39, 0.29) is 25.1 Å². The lowest BCUT2D eigenvalue weighted by molar-refractivity contribution is -0.131. The number of piperazine rings is 1. The van der Waals surface area contributed by atoms with Crippen LogP contribution in [0.15, 0.2) is 54.6 Å². The van der Waals surface area contributed by atoms with E-state index in [0.717, 1.165) is 16.8 Å². The number of anilines is 1. The monoisotopic (exact) mass is 410 g/mol. The van der Waals surface area contributed by atoms with Gasteiger partial charge in [0.15, 0.2) is 0 Å². The lowest BCUT2D eigenvalue weighted by atomic mass is 10.2. The van der Waals surface area contributed by atoms with E-state index >= 15 is 0 Å². The van der Waals surface area contributed by atoms with Crippen molar-refractivity contribution in [3.63, 3.8) is 0 Å². The second-order valence-corrected chi connectivity index (χ2v) is 7.08. The second kappa shape index (κ2) is 10.3. The van der Waals surface area contributed by atoms with Crippen molar-refractivity contribution in [2.75, 3.05) is 38.0 Å². The molecule has 8 nitrogen and oxygen atoms in total. The van der Waals surface area contributed by atoms with Gasteiger partial charge in [0, 0.05) is 31.9 Å². The van der Waals surface area contributed by atoms with Crippen molar-refractivity contribution in [3.8, 4) is 0 Å². The molecule has 1 aliphatic rings. The van der Waals surface area contributed by atoms with Crippen LogP contribution in [0.2, 0.25) is 0 Å². The molecule has 0 bridgehead atoms. The summed E-state index contributed by atoms with van der Waals surface area (Å²) in [5.41, 5.74) is 2.69. The molecule has 30 heavy (non-hydrogen) atoms. The highest BCUT2D eigenvalue weighted by Gasteiger charge is 2.24. The Labute approximate surface area is 175 Å². The van der Waals surface area contributed by atoms with Gasteiger partial charge in [0.1, 0.15) is 13.2 Å². The zero-order chi connectivity index (χ0) is 21.3. The topological polar surface area (TPSA) is 91.0 Å². The molecule has 1 fully saturated rings. The van der Waals surface area contributed by atoms with Gasteiger partial charge in [-0.3, -0.25) is 4.79 Å². The summed E-state index contributed by atoms with van der Waals surface area (Å²) in [5, 5.41) is 5.35. The number of benzene rings is 2. The fraction of sp³-hybridized carbons (Fsp3) is 0.318. The van der Waals surface area contributed by atoms with Crippen LogP contribution in [-0.4, -0.2) is 60.6 Å². The summed E-state index contributed by atoms with van der Waals surface area (Å²) < 4.78 is 5.10. The van der Waals surface area contributed by atoms with Crippen LogP contribution >= 0.6 is 0 Å². The zero-order valence-electron chi connectivity index (χ0n) is 17.0. The predicted octanol–water partition coefficient (Wildman–Crippen LogP) is 2.60. The van der Waals surface area contributed by atoms with Crippen molar-refractivity contribution in [3.05, 3.63) is 65.7 Å². The van der Waals surface area contributed by atoms with E-state index in [1.807, 2.05) is 61.5 Å². The number of hydrogen-bond donors (Lipinski definition) is 2. The minimum atomic E-state index is -0.636. The van der Waals surface area contributed by atoms with Crippen molar-refractivity contribution < 1.29 is 19.1 Å². The molecular formula is C22H26N4O4. The first-order valence-corrected chi connectivity index (χ1v) is 9.86. The van der Waals surface area contributed by atoms with Crippen molar-refractivity contribution >= 4 is 23.7 Å². The number of urea groups is 1. The quantitative estimate of drug-likeness (QED) is 0.793. The molecule has 0 aromatic heterocycles. The summed E-state index contributed by atoms with van der Waals surface area (Å²) >= 11 is 0. The van der Waals surface area contributed by atoms with E-state index in [0.29, 0.717) is 26.2 Å². The third kappa shape index (κ3) is 6.23. The molecule has 158 valence electrons. The first-order chi connectivity index (χ1) is 14.5. The van der Waals surface area contributed by atoms with E-state index in [4.69, 9.17) is 4.74 Å². The number of nitrogens with zero attached hydrogens (tertiary/aromatic N) is 2. The first-order valence-electron chi connectivity index (χ1n) is 9.86. The van der Waals surface area contributed by atoms with Gasteiger partial charge < -0.3 is 25.2 Å². The molecule has 0 unspecified atom stereocenters. The molecule has 0 atom stereocenters. The Morgan fingerprint density at radius 2 is 1.63 bits per heavy atom. The number of carbonyl (C=O) groups is 3. The standard InChI is InChI=1S/C22H26N4O4/c1-17-6-5-9-19(14-17)24-21(28)26-12-10-25(11-13-26)20(27)15-23-22(29)30-16-18-7-3-2-4-8-18/h2-9,14H,10-13,15-16H2,1H3,(H,23,29)(H,24,28). The van der Waals surface area contributed by atoms with E-state index in [1.165, 1.54) is 0 Å². The molecule has 2 aromatic carbocycles. The summed E-state index contributed by atoms with van der Waals surface area (Å²) in [6.45, 7) is 3.68. The normalized spacial score (nSPS) is 13.5. The van der Waals surface area contributed by atoms with Crippen LogP contribution in [-0.2, 0) is 16.1 Å². The molecule has 1 aliphatic heterocycles. The number of alkyl carbamates (subject to hydrolysis) is 1. The van der Waals surface area contributed by atoms with E-state index in [1.54, 1.807) is 9.80 Å². The maximum Gasteiger partial charge on any atom is 0.407 e. The Balaban J connectivity index is 1.36. The highest BCUT2D eigenvalue weighted by Crippen LogP contribution is 2.11. The lowest BCUT2D eigenvalue weighted by Crippen LogP contribution is -2.53. The van der Waals surface area contributed by atoms with Gasteiger partial charge in [-0.05, 0) is 30.2 Å². The molecule has 4 amide bonds. The molecule has 0 radical (unpaired) electrons. The van der Waals surface area contributed by atoms with Gasteiger partial charge in [0.25, 0.3) is 0 Å². The van der Waals surface area contributed by atoms with Crippen molar-refractivity contribution in [1.29, 1.82) is 0 Å². The Morgan fingerprint density at radius 3 is 2.33 bits per heavy atom. The average molecular weight is 410 g/mol. The highest BCUT2D eigenvalue weighted by atomic mass is 16.5. The molecule has 1 saturated heterocycles. The van der Waals surface area contributed by atoms with Gasteiger partial charge in [-0.25, -0.2) is 9.59 Å². The Kier molecular flexibility index (Phi) is 7.26. The maximum atomic E-state index is 12.4. The van der Waals surface area contributed by atoms with Gasteiger partial charge in [-0.2, -0.15) is 0 Å². The molecule has 0 saturated carbocycles. The first kappa shape index (κ1) is 21.2. The van der Waals surface area contributed by atoms with Crippen LogP contribution in [0.25, 0.3) is 0 Å². The van der Waals surface area contributed by atoms with E-state index < -0.39 is 6.09 Å². The van der Waals surface area contributed by atoms with E-state index in [9.17, 15) is 14.4 Å². The third-order valence-electron chi connectivity index (χ3n) is 4.79. The third-order valence-corrected chi connectivity index (χ3v) is 4.79.